The highest BCUT2D eigenvalue weighted by Crippen LogP contribution is 2.19. The first-order chi connectivity index (χ1) is 10.1. The number of pyridine rings is 2. The lowest BCUT2D eigenvalue weighted by atomic mass is 10.0. The third-order valence-electron chi connectivity index (χ3n) is 3.44. The molecule has 0 unspecified atom stereocenters. The summed E-state index contributed by atoms with van der Waals surface area (Å²) in [6, 6.07) is 7.98. The second kappa shape index (κ2) is 5.36. The third kappa shape index (κ3) is 2.91. The number of nitrogens with two attached hydrogens (primary N) is 1. The maximum Gasteiger partial charge on any atom is 0.123 e. The van der Waals surface area contributed by atoms with Crippen molar-refractivity contribution in [2.75, 3.05) is 5.73 Å². The average Bonchev–Trinajstić information content (AvgIpc) is 2.89. The molecular formula is C16H17N5. The van der Waals surface area contributed by atoms with Gasteiger partial charge in [-0.1, -0.05) is 6.07 Å². The second-order valence-corrected chi connectivity index (χ2v) is 5.11. The van der Waals surface area contributed by atoms with E-state index in [1.54, 1.807) is 4.68 Å². The van der Waals surface area contributed by atoms with Crippen LogP contribution in [0.25, 0.3) is 11.3 Å². The zero-order chi connectivity index (χ0) is 14.8. The number of aromatic nitrogens is 4. The lowest BCUT2D eigenvalue weighted by Crippen LogP contribution is -1.98. The molecule has 0 spiro atoms. The quantitative estimate of drug-likeness (QED) is 0.799. The van der Waals surface area contributed by atoms with E-state index < -0.39 is 0 Å². The number of nitrogens with zero attached hydrogens (tertiary/aromatic N) is 4. The molecule has 0 radical (unpaired) electrons. The van der Waals surface area contributed by atoms with Crippen LogP contribution in [0.4, 0.5) is 5.82 Å². The zero-order valence-corrected chi connectivity index (χ0v) is 12.1. The largest absolute Gasteiger partial charge is 0.384 e. The Morgan fingerprint density at radius 1 is 1.24 bits per heavy atom. The standard InChI is InChI=1S/C16H17N5/c1-11-13(3-4-16(17)20-11)7-12-5-6-18-15(8-12)14-9-19-21(2)10-14/h3-6,8-10H,7H2,1-2H3,(H2,17,20). The summed E-state index contributed by atoms with van der Waals surface area (Å²) in [6.45, 7) is 1.98. The SMILES string of the molecule is Cc1nc(N)ccc1Cc1ccnc(-c2cnn(C)c2)c1. The fourth-order valence-electron chi connectivity index (χ4n) is 2.31. The molecule has 0 aliphatic rings. The van der Waals surface area contributed by atoms with Crippen molar-refractivity contribution >= 4 is 5.82 Å². The summed E-state index contributed by atoms with van der Waals surface area (Å²) in [5.74, 6) is 0.557. The van der Waals surface area contributed by atoms with Crippen LogP contribution in [-0.2, 0) is 13.5 Å². The molecule has 0 aliphatic carbocycles. The molecule has 0 aromatic carbocycles. The lowest BCUT2D eigenvalue weighted by Gasteiger charge is -2.07. The Morgan fingerprint density at radius 3 is 2.81 bits per heavy atom. The Labute approximate surface area is 123 Å². The first-order valence-electron chi connectivity index (χ1n) is 6.78. The molecule has 0 aliphatic heterocycles. The van der Waals surface area contributed by atoms with Crippen molar-refractivity contribution in [3.63, 3.8) is 0 Å². The molecule has 0 fully saturated rings. The van der Waals surface area contributed by atoms with Gasteiger partial charge in [-0.05, 0) is 42.7 Å². The Bertz CT molecular complexity index is 776. The molecule has 0 saturated heterocycles. The van der Waals surface area contributed by atoms with E-state index in [9.17, 15) is 0 Å². The maximum atomic E-state index is 5.69. The minimum atomic E-state index is 0.557. The van der Waals surface area contributed by atoms with Gasteiger partial charge in [0.25, 0.3) is 0 Å². The van der Waals surface area contributed by atoms with E-state index >= 15 is 0 Å². The summed E-state index contributed by atoms with van der Waals surface area (Å²) < 4.78 is 1.78. The average molecular weight is 279 g/mol. The molecule has 5 heteroatoms. The molecule has 106 valence electrons. The summed E-state index contributed by atoms with van der Waals surface area (Å²) in [7, 11) is 1.90. The minimum Gasteiger partial charge on any atom is -0.384 e. The molecule has 21 heavy (non-hydrogen) atoms. The van der Waals surface area contributed by atoms with Crippen LogP contribution in [0.2, 0.25) is 0 Å². The van der Waals surface area contributed by atoms with Crippen molar-refractivity contribution in [1.29, 1.82) is 0 Å². The number of hydrogen-bond acceptors (Lipinski definition) is 4. The predicted octanol–water partition coefficient (Wildman–Crippen LogP) is 2.36. The summed E-state index contributed by atoms with van der Waals surface area (Å²) >= 11 is 0. The third-order valence-corrected chi connectivity index (χ3v) is 3.44. The fourth-order valence-corrected chi connectivity index (χ4v) is 2.31. The van der Waals surface area contributed by atoms with Gasteiger partial charge in [0.2, 0.25) is 0 Å². The monoisotopic (exact) mass is 279 g/mol. The van der Waals surface area contributed by atoms with Crippen LogP contribution in [0.1, 0.15) is 16.8 Å². The van der Waals surface area contributed by atoms with E-state index in [1.165, 1.54) is 11.1 Å². The molecule has 2 N–H and O–H groups in total. The smallest absolute Gasteiger partial charge is 0.123 e. The van der Waals surface area contributed by atoms with Gasteiger partial charge in [-0.3, -0.25) is 9.67 Å². The first kappa shape index (κ1) is 13.3. The summed E-state index contributed by atoms with van der Waals surface area (Å²) in [5, 5.41) is 4.18. The van der Waals surface area contributed by atoms with Crippen molar-refractivity contribution in [3.8, 4) is 11.3 Å². The molecule has 3 rings (SSSR count). The second-order valence-electron chi connectivity index (χ2n) is 5.11. The highest BCUT2D eigenvalue weighted by molar-refractivity contribution is 5.57. The minimum absolute atomic E-state index is 0.557. The lowest BCUT2D eigenvalue weighted by molar-refractivity contribution is 0.768. The summed E-state index contributed by atoms with van der Waals surface area (Å²) in [4.78, 5) is 8.71. The van der Waals surface area contributed by atoms with Crippen LogP contribution in [-0.4, -0.2) is 19.7 Å². The molecule has 0 saturated carbocycles. The van der Waals surface area contributed by atoms with Crippen LogP contribution in [0.3, 0.4) is 0 Å². The van der Waals surface area contributed by atoms with Gasteiger partial charge in [0.15, 0.2) is 0 Å². The van der Waals surface area contributed by atoms with Crippen molar-refractivity contribution in [2.24, 2.45) is 7.05 Å². The van der Waals surface area contributed by atoms with Crippen molar-refractivity contribution in [3.05, 3.63) is 59.7 Å². The molecule has 0 amide bonds. The highest BCUT2D eigenvalue weighted by Gasteiger charge is 2.06. The number of anilines is 1. The fraction of sp³-hybridized carbons (Fsp3) is 0.188. The summed E-state index contributed by atoms with van der Waals surface area (Å²) in [6.07, 6.45) is 6.43. The molecule has 0 bridgehead atoms. The van der Waals surface area contributed by atoms with Gasteiger partial charge in [0, 0.05) is 30.7 Å². The highest BCUT2D eigenvalue weighted by atomic mass is 15.2. The van der Waals surface area contributed by atoms with Gasteiger partial charge in [-0.25, -0.2) is 4.98 Å². The van der Waals surface area contributed by atoms with Gasteiger partial charge in [0.1, 0.15) is 5.82 Å². The van der Waals surface area contributed by atoms with E-state index in [2.05, 4.69) is 21.1 Å². The Balaban J connectivity index is 1.89. The first-order valence-corrected chi connectivity index (χ1v) is 6.78. The Morgan fingerprint density at radius 2 is 2.10 bits per heavy atom. The molecule has 3 heterocycles. The van der Waals surface area contributed by atoms with Crippen molar-refractivity contribution in [2.45, 2.75) is 13.3 Å². The normalized spacial score (nSPS) is 10.8. The van der Waals surface area contributed by atoms with E-state index in [0.29, 0.717) is 5.82 Å². The van der Waals surface area contributed by atoms with Crippen molar-refractivity contribution in [1.82, 2.24) is 19.7 Å². The van der Waals surface area contributed by atoms with E-state index in [4.69, 9.17) is 5.73 Å². The van der Waals surface area contributed by atoms with Crippen LogP contribution in [0, 0.1) is 6.92 Å². The van der Waals surface area contributed by atoms with Gasteiger partial charge < -0.3 is 5.73 Å². The van der Waals surface area contributed by atoms with Crippen LogP contribution in [0.5, 0.6) is 0 Å². The number of hydrogen-bond donors (Lipinski definition) is 1. The molecule has 3 aromatic heterocycles. The topological polar surface area (TPSA) is 69.6 Å². The van der Waals surface area contributed by atoms with Crippen molar-refractivity contribution < 1.29 is 0 Å². The Hall–Kier alpha value is -2.69. The van der Waals surface area contributed by atoms with Gasteiger partial charge in [-0.15, -0.1) is 0 Å². The summed E-state index contributed by atoms with van der Waals surface area (Å²) in [5.41, 5.74) is 11.0. The van der Waals surface area contributed by atoms with Crippen LogP contribution in [0.15, 0.2) is 42.9 Å². The molecule has 0 atom stereocenters. The van der Waals surface area contributed by atoms with Crippen LogP contribution < -0.4 is 5.73 Å². The maximum absolute atomic E-state index is 5.69. The molecule has 3 aromatic rings. The van der Waals surface area contributed by atoms with Gasteiger partial charge in [0.05, 0.1) is 11.9 Å². The predicted molar refractivity (Wildman–Crippen MR) is 82.6 cm³/mol. The number of nitrogen functional groups attached to an aromatic ring is 1. The van der Waals surface area contributed by atoms with Gasteiger partial charge >= 0.3 is 0 Å². The molecule has 5 nitrogen and oxygen atoms in total. The zero-order valence-electron chi connectivity index (χ0n) is 12.1. The van der Waals surface area contributed by atoms with Crippen LogP contribution >= 0.6 is 0 Å². The van der Waals surface area contributed by atoms with E-state index in [0.717, 1.165) is 23.4 Å². The number of aryl methyl sites for hydroxylation is 2. The number of rotatable bonds is 3. The van der Waals surface area contributed by atoms with E-state index in [-0.39, 0.29) is 0 Å². The van der Waals surface area contributed by atoms with E-state index in [1.807, 2.05) is 50.8 Å². The molecular weight excluding hydrogens is 262 g/mol. The Kier molecular flexibility index (Phi) is 3.39. The van der Waals surface area contributed by atoms with Gasteiger partial charge in [-0.2, -0.15) is 5.10 Å².